The van der Waals surface area contributed by atoms with Gasteiger partial charge in [0.15, 0.2) is 0 Å². The second-order valence-corrected chi connectivity index (χ2v) is 6.21. The molecule has 1 aliphatic rings. The van der Waals surface area contributed by atoms with Crippen molar-refractivity contribution >= 4 is 11.3 Å². The highest BCUT2D eigenvalue weighted by Gasteiger charge is 2.19. The number of morpholine rings is 1. The Balaban J connectivity index is 1.51. The molecule has 1 atom stereocenters. The fraction of sp³-hybridized carbons (Fsp3) is 0.533. The number of aromatic nitrogens is 2. The molecule has 1 fully saturated rings. The molecule has 2 aromatic rings. The van der Waals surface area contributed by atoms with E-state index in [1.54, 1.807) is 11.3 Å². The van der Waals surface area contributed by atoms with E-state index in [2.05, 4.69) is 44.9 Å². The lowest BCUT2D eigenvalue weighted by atomic mass is 10.2. The van der Waals surface area contributed by atoms with Crippen LogP contribution in [-0.2, 0) is 11.3 Å². The smallest absolute Gasteiger partial charge is 0.0826 e. The van der Waals surface area contributed by atoms with Crippen molar-refractivity contribution < 1.29 is 4.74 Å². The quantitative estimate of drug-likeness (QED) is 0.856. The van der Waals surface area contributed by atoms with Crippen LogP contribution in [0.25, 0.3) is 10.6 Å². The van der Waals surface area contributed by atoms with Gasteiger partial charge in [-0.2, -0.15) is 5.10 Å². The predicted octanol–water partition coefficient (Wildman–Crippen LogP) is 1.95. The van der Waals surface area contributed by atoms with Crippen LogP contribution in [-0.4, -0.2) is 54.0 Å². The first kappa shape index (κ1) is 14.7. The molecule has 0 amide bonds. The Morgan fingerprint density at radius 3 is 3.33 bits per heavy atom. The van der Waals surface area contributed by atoms with Crippen molar-refractivity contribution in [2.75, 3.05) is 32.8 Å². The molecule has 5 nitrogen and oxygen atoms in total. The lowest BCUT2D eigenvalue weighted by Gasteiger charge is -2.32. The Bertz CT molecular complexity index is 540. The van der Waals surface area contributed by atoms with E-state index < -0.39 is 0 Å². The molecule has 0 aromatic carbocycles. The summed E-state index contributed by atoms with van der Waals surface area (Å²) in [5.74, 6) is 0. The molecule has 0 radical (unpaired) electrons. The average Bonchev–Trinajstić information content (AvgIpc) is 3.18. The van der Waals surface area contributed by atoms with Crippen molar-refractivity contribution in [3.8, 4) is 10.6 Å². The highest BCUT2D eigenvalue weighted by atomic mass is 32.1. The number of likely N-dealkylation sites (N-methyl/N-ethyl adjacent to an activating group) is 1. The first-order chi connectivity index (χ1) is 10.4. The van der Waals surface area contributed by atoms with Gasteiger partial charge in [0, 0.05) is 31.7 Å². The van der Waals surface area contributed by atoms with Crippen molar-refractivity contribution in [1.82, 2.24) is 20.4 Å². The fourth-order valence-electron chi connectivity index (χ4n) is 2.64. The van der Waals surface area contributed by atoms with E-state index in [0.29, 0.717) is 0 Å². The van der Waals surface area contributed by atoms with Gasteiger partial charge >= 0.3 is 0 Å². The molecule has 1 unspecified atom stereocenters. The van der Waals surface area contributed by atoms with E-state index in [0.717, 1.165) is 45.0 Å². The Morgan fingerprint density at radius 1 is 1.57 bits per heavy atom. The fourth-order valence-corrected chi connectivity index (χ4v) is 3.39. The Labute approximate surface area is 129 Å². The van der Waals surface area contributed by atoms with Crippen molar-refractivity contribution in [2.45, 2.75) is 19.6 Å². The van der Waals surface area contributed by atoms with Gasteiger partial charge in [-0.15, -0.1) is 11.3 Å². The Morgan fingerprint density at radius 2 is 2.52 bits per heavy atom. The van der Waals surface area contributed by atoms with Crippen molar-refractivity contribution in [1.29, 1.82) is 0 Å². The van der Waals surface area contributed by atoms with Crippen molar-refractivity contribution in [3.05, 3.63) is 29.3 Å². The summed E-state index contributed by atoms with van der Waals surface area (Å²) >= 11 is 1.73. The average molecular weight is 306 g/mol. The van der Waals surface area contributed by atoms with Crippen molar-refractivity contribution in [3.63, 3.8) is 0 Å². The molecule has 2 aromatic heterocycles. The van der Waals surface area contributed by atoms with Crippen LogP contribution >= 0.6 is 11.3 Å². The summed E-state index contributed by atoms with van der Waals surface area (Å²) in [5, 5.41) is 12.8. The summed E-state index contributed by atoms with van der Waals surface area (Å²) < 4.78 is 5.81. The van der Waals surface area contributed by atoms with Crippen LogP contribution in [0.4, 0.5) is 0 Å². The third-order valence-electron chi connectivity index (χ3n) is 3.84. The SMILES string of the molecule is CCN1CCOC(CNCc2cn[nH]c2-c2cccs2)C1. The van der Waals surface area contributed by atoms with Crippen LogP contribution in [0.15, 0.2) is 23.7 Å². The largest absolute Gasteiger partial charge is 0.374 e. The maximum atomic E-state index is 5.81. The molecule has 2 N–H and O–H groups in total. The van der Waals surface area contributed by atoms with Crippen LogP contribution in [0, 0.1) is 0 Å². The molecule has 6 heteroatoms. The number of rotatable bonds is 6. The molecule has 1 saturated heterocycles. The third kappa shape index (κ3) is 3.71. The van der Waals surface area contributed by atoms with Gasteiger partial charge in [0.25, 0.3) is 0 Å². The van der Waals surface area contributed by atoms with Gasteiger partial charge in [-0.05, 0) is 18.0 Å². The molecule has 0 spiro atoms. The number of hydrogen-bond acceptors (Lipinski definition) is 5. The van der Waals surface area contributed by atoms with Gasteiger partial charge in [0.05, 0.1) is 29.5 Å². The van der Waals surface area contributed by atoms with Crippen LogP contribution in [0.2, 0.25) is 0 Å². The zero-order chi connectivity index (χ0) is 14.5. The summed E-state index contributed by atoms with van der Waals surface area (Å²) in [6.07, 6.45) is 2.19. The molecular weight excluding hydrogens is 284 g/mol. The molecule has 3 heterocycles. The van der Waals surface area contributed by atoms with Gasteiger partial charge in [-0.3, -0.25) is 10.00 Å². The molecule has 114 valence electrons. The minimum absolute atomic E-state index is 0.288. The number of hydrogen-bond donors (Lipinski definition) is 2. The normalized spacial score (nSPS) is 20.0. The monoisotopic (exact) mass is 306 g/mol. The molecule has 3 rings (SSSR count). The van der Waals surface area contributed by atoms with Crippen molar-refractivity contribution in [2.24, 2.45) is 0 Å². The minimum atomic E-state index is 0.288. The summed E-state index contributed by atoms with van der Waals surface area (Å²) in [5.41, 5.74) is 2.33. The van der Waals surface area contributed by atoms with E-state index in [1.807, 2.05) is 6.20 Å². The highest BCUT2D eigenvalue weighted by molar-refractivity contribution is 7.13. The van der Waals surface area contributed by atoms with Crippen LogP contribution in [0.5, 0.6) is 0 Å². The van der Waals surface area contributed by atoms with Gasteiger partial charge in [0.2, 0.25) is 0 Å². The number of nitrogens with zero attached hydrogens (tertiary/aromatic N) is 2. The topological polar surface area (TPSA) is 53.2 Å². The van der Waals surface area contributed by atoms with Gasteiger partial charge < -0.3 is 10.1 Å². The molecule has 0 saturated carbocycles. The lowest BCUT2D eigenvalue weighted by molar-refractivity contribution is -0.0253. The van der Waals surface area contributed by atoms with Gasteiger partial charge in [0.1, 0.15) is 0 Å². The molecule has 1 aliphatic heterocycles. The second-order valence-electron chi connectivity index (χ2n) is 5.26. The minimum Gasteiger partial charge on any atom is -0.374 e. The number of H-pyrrole nitrogens is 1. The number of nitrogens with one attached hydrogen (secondary N) is 2. The summed E-state index contributed by atoms with van der Waals surface area (Å²) in [6, 6.07) is 4.18. The highest BCUT2D eigenvalue weighted by Crippen LogP contribution is 2.25. The number of thiophene rings is 1. The third-order valence-corrected chi connectivity index (χ3v) is 4.73. The van der Waals surface area contributed by atoms with Gasteiger partial charge in [-0.1, -0.05) is 13.0 Å². The summed E-state index contributed by atoms with van der Waals surface area (Å²) in [4.78, 5) is 3.67. The van der Waals surface area contributed by atoms with Gasteiger partial charge in [-0.25, -0.2) is 0 Å². The first-order valence-electron chi connectivity index (χ1n) is 7.47. The Kier molecular flexibility index (Phi) is 5.03. The van der Waals surface area contributed by atoms with E-state index in [1.165, 1.54) is 10.4 Å². The predicted molar refractivity (Wildman–Crippen MR) is 85.5 cm³/mol. The second kappa shape index (κ2) is 7.17. The number of aromatic amines is 1. The zero-order valence-corrected chi connectivity index (χ0v) is 13.2. The van der Waals surface area contributed by atoms with Crippen LogP contribution < -0.4 is 5.32 Å². The van der Waals surface area contributed by atoms with E-state index in [-0.39, 0.29) is 6.10 Å². The summed E-state index contributed by atoms with van der Waals surface area (Å²) in [7, 11) is 0. The zero-order valence-electron chi connectivity index (χ0n) is 12.3. The van der Waals surface area contributed by atoms with E-state index in [4.69, 9.17) is 4.74 Å². The maximum Gasteiger partial charge on any atom is 0.0826 e. The molecule has 0 bridgehead atoms. The summed E-state index contributed by atoms with van der Waals surface area (Å²) in [6.45, 7) is 7.91. The van der Waals surface area contributed by atoms with E-state index in [9.17, 15) is 0 Å². The molecule has 0 aliphatic carbocycles. The van der Waals surface area contributed by atoms with Crippen LogP contribution in [0.1, 0.15) is 12.5 Å². The maximum absolute atomic E-state index is 5.81. The Hall–Kier alpha value is -1.21. The lowest BCUT2D eigenvalue weighted by Crippen LogP contribution is -2.46. The molecular formula is C15H22N4OS. The number of ether oxygens (including phenoxy) is 1. The van der Waals surface area contributed by atoms with E-state index >= 15 is 0 Å². The first-order valence-corrected chi connectivity index (χ1v) is 8.35. The standard InChI is InChI=1S/C15H22N4OS/c1-2-19-5-6-20-13(11-19)10-16-8-12-9-17-18-15(12)14-4-3-7-21-14/h3-4,7,9,13,16H,2,5-6,8,10-11H2,1H3,(H,17,18). The molecule has 21 heavy (non-hydrogen) atoms. The van der Waals surface area contributed by atoms with Crippen LogP contribution in [0.3, 0.4) is 0 Å².